The molecule has 0 aliphatic carbocycles. The number of pyridine rings is 1. The second-order valence-electron chi connectivity index (χ2n) is 16.7. The molecule has 1 amide bonds. The Hall–Kier alpha value is -5.89. The van der Waals surface area contributed by atoms with Crippen LogP contribution in [0.3, 0.4) is 0 Å². The average molecular weight is 838 g/mol. The number of hydrogen-bond donors (Lipinski definition) is 6. The average Bonchev–Trinajstić information content (AvgIpc) is 3.32. The van der Waals surface area contributed by atoms with Gasteiger partial charge in [-0.25, -0.2) is 9.78 Å². The molecule has 62 heavy (non-hydrogen) atoms. The molecule has 6 N–H and O–H groups in total. The summed E-state index contributed by atoms with van der Waals surface area (Å²) in [7, 11) is 0. The topological polar surface area (TPSA) is 168 Å². The van der Waals surface area contributed by atoms with Crippen LogP contribution >= 0.6 is 0 Å². The Kier molecular flexibility index (Phi) is 13.4. The van der Waals surface area contributed by atoms with E-state index in [1.165, 1.54) is 11.6 Å². The number of aromatic nitrogens is 1. The summed E-state index contributed by atoms with van der Waals surface area (Å²) >= 11 is 0. The number of nitrogens with zero attached hydrogens (tertiary/aromatic N) is 3. The zero-order chi connectivity index (χ0) is 43.1. The Labute approximate surface area is 362 Å². The van der Waals surface area contributed by atoms with E-state index in [0.29, 0.717) is 77.0 Å². The van der Waals surface area contributed by atoms with Gasteiger partial charge < -0.3 is 40.7 Å². The molecule has 8 rings (SSSR count). The van der Waals surface area contributed by atoms with Crippen LogP contribution in [0.1, 0.15) is 70.1 Å². The van der Waals surface area contributed by atoms with Gasteiger partial charge in [-0.1, -0.05) is 97.1 Å². The summed E-state index contributed by atoms with van der Waals surface area (Å²) in [4.78, 5) is 36.8. The summed E-state index contributed by atoms with van der Waals surface area (Å²) in [6.07, 6.45) is 4.91. The van der Waals surface area contributed by atoms with Crippen molar-refractivity contribution >= 4 is 23.6 Å². The number of rotatable bonds is 14. The second-order valence-corrected chi connectivity index (χ2v) is 16.7. The first-order chi connectivity index (χ1) is 30.2. The van der Waals surface area contributed by atoms with Gasteiger partial charge in [0.25, 0.3) is 5.91 Å². The van der Waals surface area contributed by atoms with Gasteiger partial charge in [0.2, 0.25) is 5.60 Å². The first-order valence-electron chi connectivity index (χ1n) is 21.6. The molecule has 0 spiro atoms. The Balaban J connectivity index is 0.870. The molecule has 2 fully saturated rings. The minimum absolute atomic E-state index is 0.00700. The summed E-state index contributed by atoms with van der Waals surface area (Å²) in [5, 5.41) is 49.7. The van der Waals surface area contributed by atoms with Gasteiger partial charge in [0.15, 0.2) is 0 Å². The monoisotopic (exact) mass is 837 g/mol. The van der Waals surface area contributed by atoms with Crippen LogP contribution in [0.15, 0.2) is 121 Å². The van der Waals surface area contributed by atoms with Crippen LogP contribution in [-0.4, -0.2) is 99.2 Å². The Morgan fingerprint density at radius 2 is 1.53 bits per heavy atom. The van der Waals surface area contributed by atoms with Gasteiger partial charge in [0, 0.05) is 42.9 Å². The molecule has 5 aromatic rings. The molecule has 3 aliphatic rings. The van der Waals surface area contributed by atoms with E-state index in [2.05, 4.69) is 39.8 Å². The number of carbonyl (C=O) groups is 2. The van der Waals surface area contributed by atoms with Crippen molar-refractivity contribution in [1.29, 1.82) is 0 Å². The zero-order valence-corrected chi connectivity index (χ0v) is 34.8. The lowest BCUT2D eigenvalue weighted by atomic mass is 9.85. The fourth-order valence-corrected chi connectivity index (χ4v) is 8.82. The van der Waals surface area contributed by atoms with Crippen molar-refractivity contribution in [3.63, 3.8) is 0 Å². The first kappa shape index (κ1) is 42.8. The molecule has 0 bridgehead atoms. The van der Waals surface area contributed by atoms with Crippen LogP contribution in [0.4, 0.5) is 5.69 Å². The number of anilines is 1. The van der Waals surface area contributed by atoms with Gasteiger partial charge in [0.05, 0.1) is 24.1 Å². The molecule has 4 aromatic carbocycles. The third kappa shape index (κ3) is 9.75. The van der Waals surface area contributed by atoms with E-state index in [0.717, 1.165) is 45.3 Å². The number of aliphatic hydroxyl groups excluding tert-OH is 2. The molecule has 1 aromatic heterocycles. The molecular formula is C50H55N5O7. The summed E-state index contributed by atoms with van der Waals surface area (Å²) < 4.78 is 5.95. The number of benzene rings is 4. The number of ether oxygens (including phenoxy) is 1. The molecule has 3 aliphatic heterocycles. The Morgan fingerprint density at radius 1 is 0.839 bits per heavy atom. The number of phenolic OH excluding ortho intramolecular Hbond substituents is 1. The molecule has 2 unspecified atom stereocenters. The number of hydrogen-bond acceptors (Lipinski definition) is 11. The van der Waals surface area contributed by atoms with Crippen molar-refractivity contribution < 1.29 is 34.8 Å². The van der Waals surface area contributed by atoms with E-state index in [1.54, 1.807) is 72.8 Å². The molecule has 4 heterocycles. The number of likely N-dealkylation sites (tertiary alicyclic amines) is 2. The molecule has 0 radical (unpaired) electrons. The number of piperidine rings is 2. The standard InChI is InChI=1S/C50H55N5O7/c56-44-19-17-40(41-18-20-46(58)53-47(41)44)45(57)31-51-30-34-23-27-55(28-24-34)48(59)43-16-8-15-42(52-43)37-11-7-14-39(29-37)50(61,38-12-5-2-6-13-38)49(60)62-33-36-21-25-54(26-22-36)32-35-9-3-1-4-10-35/h1-20,29,34,36,45-46,51,53,56-58,61H,21-28,30-33H2/t45-,46?,50?/m0/s1. The van der Waals surface area contributed by atoms with Crippen molar-refractivity contribution in [2.24, 2.45) is 11.8 Å². The molecular weight excluding hydrogens is 783 g/mol. The number of phenols is 1. The highest BCUT2D eigenvalue weighted by atomic mass is 16.5. The van der Waals surface area contributed by atoms with Crippen molar-refractivity contribution in [3.8, 4) is 17.0 Å². The highest BCUT2D eigenvalue weighted by molar-refractivity contribution is 5.93. The lowest BCUT2D eigenvalue weighted by Gasteiger charge is -2.33. The van der Waals surface area contributed by atoms with E-state index in [-0.39, 0.29) is 24.2 Å². The fraction of sp³-hybridized carbons (Fsp3) is 0.340. The highest BCUT2D eigenvalue weighted by Crippen LogP contribution is 2.37. The predicted octanol–water partition coefficient (Wildman–Crippen LogP) is 6.08. The van der Waals surface area contributed by atoms with E-state index in [9.17, 15) is 30.0 Å². The van der Waals surface area contributed by atoms with Crippen molar-refractivity contribution in [2.45, 2.75) is 50.2 Å². The molecule has 0 saturated carbocycles. The van der Waals surface area contributed by atoms with Gasteiger partial charge in [-0.05, 0) is 104 Å². The maximum absolute atomic E-state index is 14.0. The predicted molar refractivity (Wildman–Crippen MR) is 238 cm³/mol. The lowest BCUT2D eigenvalue weighted by Crippen LogP contribution is -2.41. The van der Waals surface area contributed by atoms with E-state index in [4.69, 9.17) is 9.72 Å². The van der Waals surface area contributed by atoms with Crippen LogP contribution in [0, 0.1) is 11.8 Å². The van der Waals surface area contributed by atoms with Gasteiger partial charge in [-0.3, -0.25) is 9.69 Å². The number of nitrogens with one attached hydrogen (secondary N) is 2. The van der Waals surface area contributed by atoms with Crippen LogP contribution in [0.2, 0.25) is 0 Å². The summed E-state index contributed by atoms with van der Waals surface area (Å²) in [6, 6.07) is 34.9. The largest absolute Gasteiger partial charge is 0.506 e. The smallest absolute Gasteiger partial charge is 0.347 e. The maximum Gasteiger partial charge on any atom is 0.347 e. The van der Waals surface area contributed by atoms with E-state index in [1.807, 2.05) is 29.2 Å². The Morgan fingerprint density at radius 3 is 2.29 bits per heavy atom. The summed E-state index contributed by atoms with van der Waals surface area (Å²) in [5.74, 6) is -0.380. The SMILES string of the molecule is O=C(c1cccc(-c2cccc(C(O)(C(=O)OCC3CCN(Cc4ccccc4)CC3)c3ccccc3)c2)n1)N1CCC(CNC[C@H](O)c2ccc(O)c3c2C=CC(O)N3)CC1. The number of fused-ring (bicyclic) bond motifs is 1. The number of carbonyl (C=O) groups excluding carboxylic acids is 2. The number of aromatic hydroxyl groups is 1. The first-order valence-corrected chi connectivity index (χ1v) is 21.6. The minimum atomic E-state index is -2.07. The third-order valence-corrected chi connectivity index (χ3v) is 12.5. The van der Waals surface area contributed by atoms with Crippen molar-refractivity contribution in [1.82, 2.24) is 20.1 Å². The Bertz CT molecular complexity index is 2350. The number of aliphatic hydroxyl groups is 3. The van der Waals surface area contributed by atoms with Crippen molar-refractivity contribution in [3.05, 3.63) is 155 Å². The number of amides is 1. The molecule has 12 nitrogen and oxygen atoms in total. The van der Waals surface area contributed by atoms with Gasteiger partial charge >= 0.3 is 5.97 Å². The second kappa shape index (κ2) is 19.4. The molecule has 12 heteroatoms. The lowest BCUT2D eigenvalue weighted by molar-refractivity contribution is -0.164. The summed E-state index contributed by atoms with van der Waals surface area (Å²) in [5.41, 5.74) is 3.15. The fourth-order valence-electron chi connectivity index (χ4n) is 8.82. The van der Waals surface area contributed by atoms with E-state index >= 15 is 0 Å². The quantitative estimate of drug-likeness (QED) is 0.0567. The van der Waals surface area contributed by atoms with Crippen molar-refractivity contribution in [2.75, 3.05) is 51.2 Å². The minimum Gasteiger partial charge on any atom is -0.506 e. The molecule has 2 saturated heterocycles. The third-order valence-electron chi connectivity index (χ3n) is 12.5. The number of esters is 1. The zero-order valence-electron chi connectivity index (χ0n) is 34.8. The normalized spacial score (nSPS) is 18.6. The molecule has 3 atom stereocenters. The van der Waals surface area contributed by atoms with Gasteiger partial charge in [0.1, 0.15) is 17.7 Å². The van der Waals surface area contributed by atoms with Gasteiger partial charge in [-0.15, -0.1) is 0 Å². The maximum atomic E-state index is 14.0. The van der Waals surface area contributed by atoms with E-state index < -0.39 is 23.9 Å². The molecule has 322 valence electrons. The van der Waals surface area contributed by atoms with Gasteiger partial charge in [-0.2, -0.15) is 0 Å². The highest BCUT2D eigenvalue weighted by Gasteiger charge is 2.42. The summed E-state index contributed by atoms with van der Waals surface area (Å²) in [6.45, 7) is 5.06. The van der Waals surface area contributed by atoms with Crippen LogP contribution in [-0.2, 0) is 21.7 Å². The van der Waals surface area contributed by atoms with Crippen LogP contribution in [0.25, 0.3) is 17.3 Å². The van der Waals surface area contributed by atoms with Crippen LogP contribution < -0.4 is 10.6 Å². The van der Waals surface area contributed by atoms with Crippen LogP contribution in [0.5, 0.6) is 5.75 Å².